The first-order valence-corrected chi connectivity index (χ1v) is 7.09. The number of carbonyl (C=O) groups is 1. The number of rotatable bonds is 6. The molecule has 0 aliphatic carbocycles. The van der Waals surface area contributed by atoms with Crippen molar-refractivity contribution in [3.63, 3.8) is 0 Å². The summed E-state index contributed by atoms with van der Waals surface area (Å²) in [5, 5.41) is 5.93. The van der Waals surface area contributed by atoms with Crippen molar-refractivity contribution in [2.24, 2.45) is 5.92 Å². The van der Waals surface area contributed by atoms with Crippen LogP contribution in [-0.2, 0) is 0 Å². The molecule has 1 amide bonds. The summed E-state index contributed by atoms with van der Waals surface area (Å²) in [6.07, 6.45) is -1.28. The maximum absolute atomic E-state index is 12.2. The lowest BCUT2D eigenvalue weighted by atomic mass is 10.1. The van der Waals surface area contributed by atoms with E-state index in [1.807, 2.05) is 0 Å². The van der Waals surface area contributed by atoms with Gasteiger partial charge in [0.2, 0.25) is 5.88 Å². The van der Waals surface area contributed by atoms with Crippen LogP contribution < -0.4 is 15.4 Å². The molecule has 10 heteroatoms. The molecule has 0 spiro atoms. The number of hydrogen-bond donors (Lipinski definition) is 2. The van der Waals surface area contributed by atoms with E-state index in [1.54, 1.807) is 0 Å². The molecule has 1 aliphatic heterocycles. The van der Waals surface area contributed by atoms with Crippen molar-refractivity contribution in [2.45, 2.75) is 19.0 Å². The topological polar surface area (TPSA) is 63.2 Å². The van der Waals surface area contributed by atoms with Crippen molar-refractivity contribution in [1.82, 2.24) is 15.6 Å². The number of hydrogen-bond acceptors (Lipinski definition) is 4. The third-order valence-electron chi connectivity index (χ3n) is 3.39. The maximum Gasteiger partial charge on any atom is 0.422 e. The predicted molar refractivity (Wildman–Crippen MR) is 88.2 cm³/mol. The van der Waals surface area contributed by atoms with Crippen LogP contribution in [0.5, 0.6) is 5.88 Å². The quantitative estimate of drug-likeness (QED) is 0.784. The van der Waals surface area contributed by atoms with E-state index in [4.69, 9.17) is 0 Å². The molecule has 1 fully saturated rings. The van der Waals surface area contributed by atoms with E-state index < -0.39 is 18.7 Å². The molecule has 1 saturated heterocycles. The Hall–Kier alpha value is -1.25. The lowest BCUT2D eigenvalue weighted by Gasteiger charge is -2.13. The minimum atomic E-state index is -4.47. The highest BCUT2D eigenvalue weighted by Crippen LogP contribution is 2.20. The van der Waals surface area contributed by atoms with Crippen molar-refractivity contribution >= 4 is 30.7 Å². The van der Waals surface area contributed by atoms with Crippen LogP contribution in [0.25, 0.3) is 0 Å². The Balaban J connectivity index is 0.00000264. The number of nitrogens with zero attached hydrogens (tertiary/aromatic N) is 1. The molecule has 0 bridgehead atoms. The minimum Gasteiger partial charge on any atom is -0.467 e. The van der Waals surface area contributed by atoms with Crippen LogP contribution in [0.3, 0.4) is 0 Å². The number of nitrogens with one attached hydrogen (secondary N) is 2. The predicted octanol–water partition coefficient (Wildman–Crippen LogP) is 2.60. The zero-order valence-corrected chi connectivity index (χ0v) is 14.4. The second-order valence-electron chi connectivity index (χ2n) is 5.16. The van der Waals surface area contributed by atoms with Gasteiger partial charge in [-0.15, -0.1) is 24.8 Å². The van der Waals surface area contributed by atoms with Gasteiger partial charge in [-0.2, -0.15) is 13.2 Å². The Morgan fingerprint density at radius 3 is 2.79 bits per heavy atom. The van der Waals surface area contributed by atoms with Crippen molar-refractivity contribution in [1.29, 1.82) is 0 Å². The second-order valence-corrected chi connectivity index (χ2v) is 5.16. The number of carbonyl (C=O) groups excluding carboxylic acids is 1. The first kappa shape index (κ1) is 22.8. The molecule has 24 heavy (non-hydrogen) atoms. The highest BCUT2D eigenvalue weighted by atomic mass is 35.5. The van der Waals surface area contributed by atoms with E-state index in [9.17, 15) is 18.0 Å². The van der Waals surface area contributed by atoms with Gasteiger partial charge in [-0.25, -0.2) is 4.98 Å². The van der Waals surface area contributed by atoms with Crippen molar-refractivity contribution in [2.75, 3.05) is 26.2 Å². The van der Waals surface area contributed by atoms with E-state index in [-0.39, 0.29) is 36.3 Å². The smallest absolute Gasteiger partial charge is 0.422 e. The fourth-order valence-electron chi connectivity index (χ4n) is 2.27. The van der Waals surface area contributed by atoms with Crippen LogP contribution in [0.15, 0.2) is 18.3 Å². The fourth-order valence-corrected chi connectivity index (χ4v) is 2.27. The minimum absolute atomic E-state index is 0. The molecule has 5 nitrogen and oxygen atoms in total. The van der Waals surface area contributed by atoms with Crippen LogP contribution in [0, 0.1) is 5.92 Å². The monoisotopic (exact) mass is 389 g/mol. The molecule has 1 aromatic rings. The standard InChI is InChI=1S/C14H18F3N3O2.2ClH/c15-14(16,17)9-22-13-11(2-1-5-20-13)12(21)19-7-4-10-3-6-18-8-10;;/h1-2,5,10,18H,3-4,6-9H2,(H,19,21);2*1H. The van der Waals surface area contributed by atoms with Crippen LogP contribution in [0.1, 0.15) is 23.2 Å². The van der Waals surface area contributed by atoms with Gasteiger partial charge in [0.1, 0.15) is 5.56 Å². The highest BCUT2D eigenvalue weighted by molar-refractivity contribution is 5.96. The lowest BCUT2D eigenvalue weighted by Crippen LogP contribution is -2.28. The zero-order valence-electron chi connectivity index (χ0n) is 12.8. The number of pyridine rings is 1. The number of aromatic nitrogens is 1. The Morgan fingerprint density at radius 1 is 1.42 bits per heavy atom. The third kappa shape index (κ3) is 7.55. The van der Waals surface area contributed by atoms with E-state index in [2.05, 4.69) is 20.4 Å². The zero-order chi connectivity index (χ0) is 16.0. The molecule has 2 N–H and O–H groups in total. The Kier molecular flexibility index (Phi) is 10.0. The molecule has 0 aromatic carbocycles. The summed E-state index contributed by atoms with van der Waals surface area (Å²) < 4.78 is 41.2. The van der Waals surface area contributed by atoms with E-state index in [1.165, 1.54) is 18.3 Å². The SMILES string of the molecule is Cl.Cl.O=C(NCCC1CCNC1)c1cccnc1OCC(F)(F)F. The Morgan fingerprint density at radius 2 is 2.17 bits per heavy atom. The highest BCUT2D eigenvalue weighted by Gasteiger charge is 2.29. The average Bonchev–Trinajstić information content (AvgIpc) is 2.98. The summed E-state index contributed by atoms with van der Waals surface area (Å²) in [7, 11) is 0. The van der Waals surface area contributed by atoms with Gasteiger partial charge < -0.3 is 15.4 Å². The summed E-state index contributed by atoms with van der Waals surface area (Å²) in [5.74, 6) is -0.258. The van der Waals surface area contributed by atoms with Crippen LogP contribution >= 0.6 is 24.8 Å². The second kappa shape index (κ2) is 10.6. The third-order valence-corrected chi connectivity index (χ3v) is 3.39. The van der Waals surface area contributed by atoms with E-state index in [0.717, 1.165) is 25.9 Å². The van der Waals surface area contributed by atoms with Crippen LogP contribution in [0.2, 0.25) is 0 Å². The Bertz CT molecular complexity index is 512. The summed E-state index contributed by atoms with van der Waals surface area (Å²) in [6, 6.07) is 2.88. The normalized spacial score (nSPS) is 16.7. The van der Waals surface area contributed by atoms with Gasteiger partial charge in [0.15, 0.2) is 6.61 Å². The van der Waals surface area contributed by atoms with Gasteiger partial charge in [-0.05, 0) is 44.0 Å². The van der Waals surface area contributed by atoms with Gasteiger partial charge >= 0.3 is 6.18 Å². The van der Waals surface area contributed by atoms with E-state index >= 15 is 0 Å². The largest absolute Gasteiger partial charge is 0.467 e. The van der Waals surface area contributed by atoms with Crippen molar-refractivity contribution in [3.05, 3.63) is 23.9 Å². The number of amides is 1. The van der Waals surface area contributed by atoms with Gasteiger partial charge in [0.05, 0.1) is 0 Å². The van der Waals surface area contributed by atoms with Crippen LogP contribution in [-0.4, -0.2) is 43.3 Å². The number of halogens is 5. The number of alkyl halides is 3. The molecule has 1 atom stereocenters. The van der Waals surface area contributed by atoms with Crippen LogP contribution in [0.4, 0.5) is 13.2 Å². The van der Waals surface area contributed by atoms with Crippen molar-refractivity contribution in [3.8, 4) is 5.88 Å². The van der Waals surface area contributed by atoms with Gasteiger partial charge in [-0.1, -0.05) is 0 Å². The van der Waals surface area contributed by atoms with Gasteiger partial charge in [0, 0.05) is 12.7 Å². The summed E-state index contributed by atoms with van der Waals surface area (Å²) >= 11 is 0. The molecule has 1 aliphatic rings. The first-order chi connectivity index (χ1) is 10.5. The molecular weight excluding hydrogens is 370 g/mol. The van der Waals surface area contributed by atoms with Crippen molar-refractivity contribution < 1.29 is 22.7 Å². The molecule has 1 unspecified atom stereocenters. The molecular formula is C14H20Cl2F3N3O2. The Labute approximate surface area is 150 Å². The molecule has 138 valence electrons. The van der Waals surface area contributed by atoms with Gasteiger partial charge in [-0.3, -0.25) is 4.79 Å². The first-order valence-electron chi connectivity index (χ1n) is 7.09. The summed E-state index contributed by atoms with van der Waals surface area (Å²) in [6.45, 7) is 0.913. The molecule has 1 aromatic heterocycles. The summed E-state index contributed by atoms with van der Waals surface area (Å²) in [5.41, 5.74) is 0.0105. The molecule has 2 rings (SSSR count). The maximum atomic E-state index is 12.2. The summed E-state index contributed by atoms with van der Waals surface area (Å²) in [4.78, 5) is 15.7. The van der Waals surface area contributed by atoms with Gasteiger partial charge in [0.25, 0.3) is 5.91 Å². The molecule has 0 radical (unpaired) electrons. The fraction of sp³-hybridized carbons (Fsp3) is 0.571. The van der Waals surface area contributed by atoms with E-state index in [0.29, 0.717) is 12.5 Å². The molecule has 2 heterocycles. The molecule has 0 saturated carbocycles. The lowest BCUT2D eigenvalue weighted by molar-refractivity contribution is -0.154. The number of ether oxygens (including phenoxy) is 1. The average molecular weight is 390 g/mol.